The maximum atomic E-state index is 8.83. The number of fused-ring (bicyclic) bond motifs is 1. The molecule has 0 saturated carbocycles. The Hall–Kier alpha value is -3.66. The summed E-state index contributed by atoms with van der Waals surface area (Å²) in [5.74, 6) is 0.314. The normalized spacial score (nSPS) is 13.4. The molecule has 4 aromatic rings. The van der Waals surface area contributed by atoms with Crippen molar-refractivity contribution in [1.82, 2.24) is 19.9 Å². The van der Waals surface area contributed by atoms with Crippen LogP contribution < -0.4 is 11.5 Å². The molecule has 0 bridgehead atoms. The van der Waals surface area contributed by atoms with Crippen molar-refractivity contribution < 1.29 is 0 Å². The van der Waals surface area contributed by atoms with E-state index in [9.17, 15) is 0 Å². The first-order chi connectivity index (χ1) is 15.1. The van der Waals surface area contributed by atoms with Gasteiger partial charge in [0, 0.05) is 52.6 Å². The van der Waals surface area contributed by atoms with E-state index in [1.807, 2.05) is 36.5 Å². The summed E-state index contributed by atoms with van der Waals surface area (Å²) in [5, 5.41) is 9.81. The van der Waals surface area contributed by atoms with E-state index < -0.39 is 0 Å². The number of hydrogen-bond acceptors (Lipinski definition) is 6. The second-order valence-corrected chi connectivity index (χ2v) is 9.01. The molecular weight excluding hydrogens is 501 g/mol. The second-order valence-electron chi connectivity index (χ2n) is 7.04. The van der Waals surface area contributed by atoms with E-state index >= 15 is 0 Å². The predicted octanol–water partition coefficient (Wildman–Crippen LogP) is 3.99. The van der Waals surface area contributed by atoms with E-state index in [0.717, 1.165) is 38.9 Å². The minimum Gasteiger partial charge on any atom is -0.398 e. The molecule has 0 atom stereocenters. The first-order valence-electron chi connectivity index (χ1n) is 9.45. The van der Waals surface area contributed by atoms with Crippen molar-refractivity contribution in [3.05, 3.63) is 87.9 Å². The number of nitrogens with two attached hydrogens (primary N) is 2. The van der Waals surface area contributed by atoms with Crippen LogP contribution in [0.5, 0.6) is 0 Å². The van der Waals surface area contributed by atoms with Crippen LogP contribution in [0.25, 0.3) is 27.6 Å². The van der Waals surface area contributed by atoms with Gasteiger partial charge in [0.05, 0.1) is 23.1 Å². The maximum absolute atomic E-state index is 8.83. The number of rotatable bonds is 4. The van der Waals surface area contributed by atoms with Crippen molar-refractivity contribution in [1.29, 1.82) is 5.41 Å². The molecule has 31 heavy (non-hydrogen) atoms. The lowest BCUT2D eigenvalue weighted by Crippen LogP contribution is -2.08. The van der Waals surface area contributed by atoms with Crippen LogP contribution in [0.15, 0.2) is 71.1 Å². The number of anilines is 1. The molecule has 6 N–H and O–H groups in total. The van der Waals surface area contributed by atoms with Crippen LogP contribution in [-0.4, -0.2) is 29.7 Å². The lowest BCUT2D eigenvalue weighted by Gasteiger charge is -2.10. The van der Waals surface area contributed by atoms with Crippen LogP contribution in [0.3, 0.4) is 0 Å². The molecule has 1 aliphatic heterocycles. The van der Waals surface area contributed by atoms with E-state index in [1.165, 1.54) is 0 Å². The monoisotopic (exact) mass is 519 g/mol. The quantitative estimate of drug-likeness (QED) is 0.239. The molecule has 5 heterocycles. The zero-order valence-electron chi connectivity index (χ0n) is 16.3. The molecule has 7 nitrogen and oxygen atoms in total. The second kappa shape index (κ2) is 7.88. The molecule has 4 aromatic heterocycles. The topological polar surface area (TPSA) is 130 Å². The summed E-state index contributed by atoms with van der Waals surface area (Å²) in [5.41, 5.74) is 19.2. The highest BCUT2D eigenvalue weighted by Crippen LogP contribution is 2.30. The Labute approximate surface area is 188 Å². The summed E-state index contributed by atoms with van der Waals surface area (Å²) in [6.07, 6.45) is 10.7. The Balaban J connectivity index is 1.57. The fourth-order valence-corrected chi connectivity index (χ4v) is 5.19. The van der Waals surface area contributed by atoms with Crippen molar-refractivity contribution >= 4 is 52.7 Å². The fraction of sp³-hybridized carbons (Fsp3) is 0. The van der Waals surface area contributed by atoms with E-state index in [4.69, 9.17) is 16.9 Å². The number of nitrogens with one attached hydrogen (secondary N) is 2. The summed E-state index contributed by atoms with van der Waals surface area (Å²) in [4.78, 5) is 16.1. The number of nitrogens with zero attached hydrogens (tertiary/aromatic N) is 3. The summed E-state index contributed by atoms with van der Waals surface area (Å²) < 4.78 is 4.25. The highest BCUT2D eigenvalue weighted by atomic mass is 127. The Morgan fingerprint density at radius 3 is 2.65 bits per heavy atom. The third kappa shape index (κ3) is 3.66. The van der Waals surface area contributed by atoms with E-state index in [1.54, 1.807) is 24.8 Å². The molecule has 0 aromatic carbocycles. The van der Waals surface area contributed by atoms with E-state index in [-0.39, 0.29) is 26.4 Å². The van der Waals surface area contributed by atoms with Crippen molar-refractivity contribution in [2.45, 2.75) is 0 Å². The Morgan fingerprint density at radius 1 is 1.00 bits per heavy atom. The van der Waals surface area contributed by atoms with Gasteiger partial charge in [-0.05, 0) is 49.6 Å². The predicted molar refractivity (Wildman–Crippen MR) is 134 cm³/mol. The zero-order valence-corrected chi connectivity index (χ0v) is 18.5. The summed E-state index contributed by atoms with van der Waals surface area (Å²) >= 11 is -0.221. The van der Waals surface area contributed by atoms with Crippen LogP contribution in [0.4, 0.5) is 5.82 Å². The molecule has 1 aliphatic rings. The smallest absolute Gasteiger partial charge is 0.132 e. The first-order valence-corrected chi connectivity index (χ1v) is 11.9. The van der Waals surface area contributed by atoms with Gasteiger partial charge in [-0.15, -0.1) is 0 Å². The van der Waals surface area contributed by atoms with Crippen LogP contribution in [0.2, 0.25) is 0 Å². The van der Waals surface area contributed by atoms with Gasteiger partial charge in [0.15, 0.2) is 0 Å². The van der Waals surface area contributed by atoms with Gasteiger partial charge in [-0.1, -0.05) is 20.7 Å². The van der Waals surface area contributed by atoms with Gasteiger partial charge in [0.25, 0.3) is 0 Å². The number of halogens is 1. The van der Waals surface area contributed by atoms with Crippen molar-refractivity contribution in [3.8, 4) is 11.1 Å². The number of aromatic amines is 1. The van der Waals surface area contributed by atoms with Crippen LogP contribution >= 0.6 is 20.7 Å². The standard InChI is InChI=1S/C23H18IN7/c25-16-5-14(8-24-9-16)15-6-18(23(27)30-10-15)22(26)20-7-17-19(11-29-12-21(17)31-20)13-1-3-28-4-2-13/h1-12,26,31H,25H2,(H2,27,30). The average molecular weight is 519 g/mol. The number of allylic oxidation sites excluding steroid dienone is 3. The number of pyridine rings is 3. The number of nitrogen functional groups attached to an aromatic ring is 1. The molecule has 0 radical (unpaired) electrons. The Kier molecular flexibility index (Phi) is 4.91. The summed E-state index contributed by atoms with van der Waals surface area (Å²) in [6.45, 7) is 0. The Morgan fingerprint density at radius 2 is 1.84 bits per heavy atom. The molecule has 0 aliphatic carbocycles. The molecule has 0 fully saturated rings. The third-order valence-corrected chi connectivity index (χ3v) is 7.13. The minimum atomic E-state index is -0.221. The Bertz CT molecular complexity index is 1410. The van der Waals surface area contributed by atoms with E-state index in [0.29, 0.717) is 17.1 Å². The van der Waals surface area contributed by atoms with Gasteiger partial charge >= 0.3 is 0 Å². The van der Waals surface area contributed by atoms with Gasteiger partial charge in [-0.3, -0.25) is 15.4 Å². The highest BCUT2D eigenvalue weighted by molar-refractivity contribution is 14.2. The number of aromatic nitrogens is 4. The highest BCUT2D eigenvalue weighted by Gasteiger charge is 2.16. The van der Waals surface area contributed by atoms with Gasteiger partial charge in [0.1, 0.15) is 5.82 Å². The molecule has 5 rings (SSSR count). The largest absolute Gasteiger partial charge is 0.398 e. The van der Waals surface area contributed by atoms with Crippen molar-refractivity contribution in [2.24, 2.45) is 5.73 Å². The lowest BCUT2D eigenvalue weighted by atomic mass is 10.0. The zero-order chi connectivity index (χ0) is 21.4. The number of H-pyrrole nitrogens is 1. The SMILES string of the molecule is N=C(c1cc2c(-c3ccncc3)cncc2[nH]1)c1cc(C2=CI=CC(N)=C2)cnc1N. The summed E-state index contributed by atoms with van der Waals surface area (Å²) in [6, 6.07) is 7.75. The molecular formula is C23H18IN7. The molecule has 8 heteroatoms. The first kappa shape index (κ1) is 19.3. The number of hydrogen-bond donors (Lipinski definition) is 4. The van der Waals surface area contributed by atoms with Gasteiger partial charge in [0.2, 0.25) is 0 Å². The molecule has 0 unspecified atom stereocenters. The molecule has 0 spiro atoms. The maximum Gasteiger partial charge on any atom is 0.132 e. The van der Waals surface area contributed by atoms with Crippen molar-refractivity contribution in [2.75, 3.05) is 5.73 Å². The minimum absolute atomic E-state index is 0.221. The lowest BCUT2D eigenvalue weighted by molar-refractivity contribution is 1.28. The van der Waals surface area contributed by atoms with E-state index in [2.05, 4.69) is 28.0 Å². The molecule has 0 amide bonds. The van der Waals surface area contributed by atoms with Gasteiger partial charge < -0.3 is 16.5 Å². The average Bonchev–Trinajstić information content (AvgIpc) is 3.24. The van der Waals surface area contributed by atoms with Crippen LogP contribution in [0.1, 0.15) is 16.8 Å². The van der Waals surface area contributed by atoms with Crippen LogP contribution in [0, 0.1) is 5.41 Å². The van der Waals surface area contributed by atoms with Crippen molar-refractivity contribution in [3.63, 3.8) is 0 Å². The molecule has 152 valence electrons. The third-order valence-electron chi connectivity index (χ3n) is 5.02. The fourth-order valence-electron chi connectivity index (χ4n) is 3.49. The summed E-state index contributed by atoms with van der Waals surface area (Å²) in [7, 11) is 0. The van der Waals surface area contributed by atoms with Gasteiger partial charge in [-0.25, -0.2) is 4.98 Å². The van der Waals surface area contributed by atoms with Crippen LogP contribution in [-0.2, 0) is 0 Å². The molecule has 0 saturated heterocycles. The van der Waals surface area contributed by atoms with Gasteiger partial charge in [-0.2, -0.15) is 0 Å².